The Labute approximate surface area is 197 Å². The van der Waals surface area contributed by atoms with Crippen LogP contribution in [0.2, 0.25) is 5.02 Å². The number of rotatable bonds is 4. The highest BCUT2D eigenvalue weighted by atomic mass is 35.5. The van der Waals surface area contributed by atoms with Crippen LogP contribution in [0, 0.1) is 30.4 Å². The molecule has 33 heavy (non-hydrogen) atoms. The summed E-state index contributed by atoms with van der Waals surface area (Å²) in [5.41, 5.74) is 1.61. The lowest BCUT2D eigenvalue weighted by molar-refractivity contribution is 0.376. The Morgan fingerprint density at radius 1 is 1.09 bits per heavy atom. The summed E-state index contributed by atoms with van der Waals surface area (Å²) in [7, 11) is 0. The van der Waals surface area contributed by atoms with Crippen LogP contribution in [0.1, 0.15) is 18.7 Å². The number of hydrogen-bond donors (Lipinski definition) is 1. The van der Waals surface area contributed by atoms with E-state index >= 15 is 0 Å². The van der Waals surface area contributed by atoms with Gasteiger partial charge in [0, 0.05) is 42.4 Å². The van der Waals surface area contributed by atoms with Crippen LogP contribution in [0.5, 0.6) is 0 Å². The Hall–Kier alpha value is -2.85. The quantitative estimate of drug-likeness (QED) is 0.445. The van der Waals surface area contributed by atoms with Gasteiger partial charge in [-0.15, -0.1) is 5.10 Å². The van der Waals surface area contributed by atoms with Crippen LogP contribution < -0.4 is 10.2 Å². The molecule has 1 aliphatic carbocycles. The first kappa shape index (κ1) is 20.7. The molecule has 2 bridgehead atoms. The van der Waals surface area contributed by atoms with Crippen LogP contribution in [0.15, 0.2) is 30.5 Å². The monoisotopic (exact) mass is 487 g/mol. The van der Waals surface area contributed by atoms with Crippen LogP contribution in [-0.4, -0.2) is 43.1 Å². The Bertz CT molecular complexity index is 1340. The summed E-state index contributed by atoms with van der Waals surface area (Å²) < 4.78 is 33.2. The number of pyridine rings is 1. The van der Waals surface area contributed by atoms with Gasteiger partial charge in [-0.2, -0.15) is 9.36 Å². The number of anilines is 2. The lowest BCUT2D eigenvalue weighted by atomic mass is 9.92. The zero-order valence-corrected chi connectivity index (χ0v) is 19.2. The molecular weight excluding hydrogens is 468 g/mol. The molecule has 1 N–H and O–H groups in total. The fourth-order valence-corrected chi connectivity index (χ4v) is 5.96. The average Bonchev–Trinajstić information content (AvgIpc) is 3.45. The second-order valence-corrected chi connectivity index (χ2v) is 9.87. The third kappa shape index (κ3) is 3.71. The number of hydrogen-bond acceptors (Lipinski definition) is 7. The van der Waals surface area contributed by atoms with Gasteiger partial charge in [0.25, 0.3) is 0 Å². The Morgan fingerprint density at radius 3 is 2.58 bits per heavy atom. The minimum Gasteiger partial charge on any atom is -0.349 e. The molecule has 0 amide bonds. The number of fused-ring (bicyclic) bond motifs is 3. The smallest absolute Gasteiger partial charge is 0.243 e. The van der Waals surface area contributed by atoms with Crippen LogP contribution >= 0.6 is 23.1 Å². The molecule has 0 radical (unpaired) electrons. The van der Waals surface area contributed by atoms with Crippen LogP contribution in [0.25, 0.3) is 16.8 Å². The van der Waals surface area contributed by atoms with E-state index in [2.05, 4.69) is 29.7 Å². The van der Waals surface area contributed by atoms with Crippen LogP contribution in [0.3, 0.4) is 0 Å². The predicted octanol–water partition coefficient (Wildman–Crippen LogP) is 4.81. The van der Waals surface area contributed by atoms with E-state index in [4.69, 9.17) is 11.6 Å². The van der Waals surface area contributed by atoms with E-state index in [0.717, 1.165) is 49.0 Å². The van der Waals surface area contributed by atoms with Gasteiger partial charge in [-0.05, 0) is 55.4 Å². The number of piperidine rings is 1. The molecule has 1 aromatic carbocycles. The normalized spacial score (nSPS) is 22.3. The zero-order valence-electron chi connectivity index (χ0n) is 17.7. The lowest BCUT2D eigenvalue weighted by Gasteiger charge is -2.37. The number of aromatic nitrogens is 5. The summed E-state index contributed by atoms with van der Waals surface area (Å²) >= 11 is 7.74. The van der Waals surface area contributed by atoms with Crippen molar-refractivity contribution in [1.29, 1.82) is 0 Å². The van der Waals surface area contributed by atoms with E-state index in [-0.39, 0.29) is 6.04 Å². The van der Waals surface area contributed by atoms with Crippen molar-refractivity contribution in [3.8, 4) is 11.1 Å². The van der Waals surface area contributed by atoms with Gasteiger partial charge in [0.05, 0.1) is 5.02 Å². The van der Waals surface area contributed by atoms with E-state index < -0.39 is 11.6 Å². The fourth-order valence-electron chi connectivity index (χ4n) is 5.07. The van der Waals surface area contributed by atoms with E-state index in [0.29, 0.717) is 39.6 Å². The average molecular weight is 488 g/mol. The topological polar surface area (TPSA) is 71.2 Å². The Morgan fingerprint density at radius 2 is 1.88 bits per heavy atom. The minimum atomic E-state index is -0.919. The SMILES string of the molecule is Cc1nsc(N2CC3CCC(C2)C3Nc2nc3c(-c4ccc(F)c(F)c4)cc(Cl)cn3n2)n1. The fraction of sp³-hybridized carbons (Fsp3) is 0.364. The Kier molecular flexibility index (Phi) is 4.95. The van der Waals surface area contributed by atoms with E-state index in [9.17, 15) is 8.78 Å². The molecule has 3 aromatic heterocycles. The van der Waals surface area contributed by atoms with Crippen molar-refractivity contribution in [3.63, 3.8) is 0 Å². The number of benzene rings is 1. The van der Waals surface area contributed by atoms with Crippen molar-refractivity contribution < 1.29 is 8.78 Å². The van der Waals surface area contributed by atoms with Crippen molar-refractivity contribution >= 4 is 39.9 Å². The number of halogens is 3. The summed E-state index contributed by atoms with van der Waals surface area (Å²) in [6, 6.07) is 5.71. The largest absolute Gasteiger partial charge is 0.349 e. The van der Waals surface area contributed by atoms with Gasteiger partial charge >= 0.3 is 0 Å². The van der Waals surface area contributed by atoms with Gasteiger partial charge in [0.15, 0.2) is 17.3 Å². The van der Waals surface area contributed by atoms with Crippen molar-refractivity contribution in [1.82, 2.24) is 24.0 Å². The first-order valence-corrected chi connectivity index (χ1v) is 11.9. The van der Waals surface area contributed by atoms with Crippen molar-refractivity contribution in [2.24, 2.45) is 11.8 Å². The van der Waals surface area contributed by atoms with E-state index in [1.165, 1.54) is 17.6 Å². The lowest BCUT2D eigenvalue weighted by Crippen LogP contribution is -2.48. The standard InChI is InChI=1S/C22H20ClF2N7S/c1-11-26-22(33-30-11)31-8-13-2-3-14(9-31)19(13)27-21-28-20-16(7-15(23)10-32(20)29-21)12-4-5-17(24)18(25)6-12/h4-7,10,13-14,19H,2-3,8-9H2,1H3,(H,27,29). The van der Waals surface area contributed by atoms with Gasteiger partial charge in [-0.1, -0.05) is 17.7 Å². The van der Waals surface area contributed by atoms with Crippen molar-refractivity contribution in [2.75, 3.05) is 23.3 Å². The second-order valence-electron chi connectivity index (χ2n) is 8.70. The highest BCUT2D eigenvalue weighted by molar-refractivity contribution is 7.09. The van der Waals surface area contributed by atoms with Gasteiger partial charge in [0.2, 0.25) is 11.1 Å². The molecule has 170 valence electrons. The summed E-state index contributed by atoms with van der Waals surface area (Å²) in [4.78, 5) is 11.6. The van der Waals surface area contributed by atoms with Gasteiger partial charge in [-0.25, -0.2) is 18.3 Å². The van der Waals surface area contributed by atoms with Crippen LogP contribution in [0.4, 0.5) is 19.9 Å². The molecule has 11 heteroatoms. The number of nitrogens with one attached hydrogen (secondary N) is 1. The zero-order chi connectivity index (χ0) is 22.7. The molecule has 2 aliphatic rings. The summed E-state index contributed by atoms with van der Waals surface area (Å²) in [6.07, 6.45) is 3.93. The third-order valence-electron chi connectivity index (χ3n) is 6.55. The molecule has 1 saturated heterocycles. The maximum atomic E-state index is 13.9. The molecule has 1 aliphatic heterocycles. The second kappa shape index (κ2) is 7.88. The van der Waals surface area contributed by atoms with Crippen molar-refractivity contribution in [2.45, 2.75) is 25.8 Å². The molecular formula is C22H20ClF2N7S. The highest BCUT2D eigenvalue weighted by Gasteiger charge is 2.43. The molecule has 6 rings (SSSR count). The van der Waals surface area contributed by atoms with Crippen LogP contribution in [-0.2, 0) is 0 Å². The molecule has 2 atom stereocenters. The number of aryl methyl sites for hydroxylation is 1. The summed E-state index contributed by atoms with van der Waals surface area (Å²) in [5, 5.41) is 9.54. The maximum Gasteiger partial charge on any atom is 0.243 e. The maximum absolute atomic E-state index is 13.9. The predicted molar refractivity (Wildman–Crippen MR) is 124 cm³/mol. The highest BCUT2D eigenvalue weighted by Crippen LogP contribution is 2.40. The van der Waals surface area contributed by atoms with Crippen molar-refractivity contribution in [3.05, 3.63) is 52.9 Å². The first-order valence-electron chi connectivity index (χ1n) is 10.8. The summed E-state index contributed by atoms with van der Waals surface area (Å²) in [5.74, 6) is 0.404. The van der Waals surface area contributed by atoms with Gasteiger partial charge < -0.3 is 10.2 Å². The minimum absolute atomic E-state index is 0.259. The molecule has 1 saturated carbocycles. The summed E-state index contributed by atoms with van der Waals surface area (Å²) in [6.45, 7) is 3.75. The van der Waals surface area contributed by atoms with E-state index in [1.54, 1.807) is 16.8 Å². The Balaban J connectivity index is 1.28. The number of nitrogens with zero attached hydrogens (tertiary/aromatic N) is 6. The van der Waals surface area contributed by atoms with E-state index in [1.807, 2.05) is 6.92 Å². The van der Waals surface area contributed by atoms with Gasteiger partial charge in [0.1, 0.15) is 5.82 Å². The molecule has 2 fully saturated rings. The molecule has 4 heterocycles. The molecule has 7 nitrogen and oxygen atoms in total. The molecule has 2 unspecified atom stereocenters. The van der Waals surface area contributed by atoms with Gasteiger partial charge in [-0.3, -0.25) is 0 Å². The molecule has 0 spiro atoms. The first-order chi connectivity index (χ1) is 15.9. The third-order valence-corrected chi connectivity index (χ3v) is 7.62. The molecule has 4 aromatic rings.